The molecule has 0 spiro atoms. The third-order valence-corrected chi connectivity index (χ3v) is 3.41. The zero-order valence-corrected chi connectivity index (χ0v) is 13.5. The zero-order chi connectivity index (χ0) is 16.8. The molecular weight excluding hydrogens is 297 g/mol. The van der Waals surface area contributed by atoms with E-state index < -0.39 is 0 Å². The number of methoxy groups -OCH3 is 1. The second kappa shape index (κ2) is 7.63. The molecule has 2 aromatic carbocycles. The SMILES string of the molecule is CCOc1ccc(C(=O)N(CC)c2ccc(F)cc2)cc1OC. The van der Waals surface area contributed by atoms with E-state index in [0.29, 0.717) is 35.9 Å². The normalized spacial score (nSPS) is 10.3. The van der Waals surface area contributed by atoms with E-state index in [9.17, 15) is 9.18 Å². The minimum atomic E-state index is -0.333. The highest BCUT2D eigenvalue weighted by Crippen LogP contribution is 2.29. The summed E-state index contributed by atoms with van der Waals surface area (Å²) in [5, 5.41) is 0. The molecule has 0 bridgehead atoms. The van der Waals surface area contributed by atoms with E-state index in [0.717, 1.165) is 0 Å². The fourth-order valence-electron chi connectivity index (χ4n) is 2.30. The van der Waals surface area contributed by atoms with E-state index >= 15 is 0 Å². The van der Waals surface area contributed by atoms with Crippen LogP contribution >= 0.6 is 0 Å². The second-order valence-electron chi connectivity index (χ2n) is 4.82. The quantitative estimate of drug-likeness (QED) is 0.811. The van der Waals surface area contributed by atoms with E-state index in [4.69, 9.17) is 9.47 Å². The molecule has 0 aliphatic carbocycles. The largest absolute Gasteiger partial charge is 0.493 e. The Bertz CT molecular complexity index is 670. The Kier molecular flexibility index (Phi) is 5.57. The van der Waals surface area contributed by atoms with Crippen LogP contribution in [0.2, 0.25) is 0 Å². The predicted molar refractivity (Wildman–Crippen MR) is 87.9 cm³/mol. The fraction of sp³-hybridized carbons (Fsp3) is 0.278. The van der Waals surface area contributed by atoms with Gasteiger partial charge in [0.05, 0.1) is 13.7 Å². The van der Waals surface area contributed by atoms with Crippen LogP contribution in [0, 0.1) is 5.82 Å². The maximum Gasteiger partial charge on any atom is 0.258 e. The van der Waals surface area contributed by atoms with Gasteiger partial charge < -0.3 is 14.4 Å². The number of nitrogens with zero attached hydrogens (tertiary/aromatic N) is 1. The van der Waals surface area contributed by atoms with Gasteiger partial charge >= 0.3 is 0 Å². The van der Waals surface area contributed by atoms with Crippen molar-refractivity contribution in [3.05, 3.63) is 53.8 Å². The lowest BCUT2D eigenvalue weighted by Crippen LogP contribution is -2.30. The first-order valence-corrected chi connectivity index (χ1v) is 7.49. The highest BCUT2D eigenvalue weighted by Gasteiger charge is 2.18. The number of hydrogen-bond acceptors (Lipinski definition) is 3. The lowest BCUT2D eigenvalue weighted by molar-refractivity contribution is 0.0988. The van der Waals surface area contributed by atoms with Crippen LogP contribution in [0.1, 0.15) is 24.2 Å². The summed E-state index contributed by atoms with van der Waals surface area (Å²) < 4.78 is 23.8. The van der Waals surface area contributed by atoms with E-state index in [1.165, 1.54) is 19.2 Å². The molecule has 0 aromatic heterocycles. The maximum absolute atomic E-state index is 13.1. The average Bonchev–Trinajstić information content (AvgIpc) is 2.57. The van der Waals surface area contributed by atoms with Gasteiger partial charge in [0.2, 0.25) is 0 Å². The lowest BCUT2D eigenvalue weighted by Gasteiger charge is -2.21. The molecule has 1 amide bonds. The molecule has 23 heavy (non-hydrogen) atoms. The third-order valence-electron chi connectivity index (χ3n) is 3.41. The van der Waals surface area contributed by atoms with Gasteiger partial charge in [0.1, 0.15) is 5.82 Å². The van der Waals surface area contributed by atoms with Crippen molar-refractivity contribution in [2.45, 2.75) is 13.8 Å². The molecule has 0 atom stereocenters. The summed E-state index contributed by atoms with van der Waals surface area (Å²) in [6.45, 7) is 4.74. The van der Waals surface area contributed by atoms with Crippen molar-refractivity contribution < 1.29 is 18.7 Å². The molecule has 2 aromatic rings. The second-order valence-corrected chi connectivity index (χ2v) is 4.82. The summed E-state index contributed by atoms with van der Waals surface area (Å²) in [5.74, 6) is 0.588. The van der Waals surface area contributed by atoms with E-state index in [1.54, 1.807) is 35.2 Å². The van der Waals surface area contributed by atoms with Crippen molar-refractivity contribution in [2.24, 2.45) is 0 Å². The number of carbonyl (C=O) groups excluding carboxylic acids is 1. The Labute approximate surface area is 135 Å². The molecule has 122 valence electrons. The molecule has 0 aliphatic heterocycles. The number of anilines is 1. The van der Waals surface area contributed by atoms with Crippen LogP contribution in [0.5, 0.6) is 11.5 Å². The molecule has 4 nitrogen and oxygen atoms in total. The maximum atomic E-state index is 13.1. The molecule has 2 rings (SSSR count). The van der Waals surface area contributed by atoms with Crippen molar-refractivity contribution in [1.82, 2.24) is 0 Å². The number of carbonyl (C=O) groups is 1. The van der Waals surface area contributed by atoms with Gasteiger partial charge in [-0.05, 0) is 56.3 Å². The highest BCUT2D eigenvalue weighted by atomic mass is 19.1. The molecule has 5 heteroatoms. The first-order chi connectivity index (χ1) is 11.1. The summed E-state index contributed by atoms with van der Waals surface area (Å²) in [6.07, 6.45) is 0. The Morgan fingerprint density at radius 2 is 1.78 bits per heavy atom. The average molecular weight is 317 g/mol. The topological polar surface area (TPSA) is 38.8 Å². The fourth-order valence-corrected chi connectivity index (χ4v) is 2.30. The first-order valence-electron chi connectivity index (χ1n) is 7.49. The van der Waals surface area contributed by atoms with Crippen LogP contribution < -0.4 is 14.4 Å². The molecule has 0 saturated heterocycles. The van der Waals surface area contributed by atoms with Gasteiger partial charge in [-0.2, -0.15) is 0 Å². The Morgan fingerprint density at radius 1 is 1.09 bits per heavy atom. The Morgan fingerprint density at radius 3 is 2.35 bits per heavy atom. The number of ether oxygens (including phenoxy) is 2. The minimum absolute atomic E-state index is 0.180. The van der Waals surface area contributed by atoms with Crippen molar-refractivity contribution in [1.29, 1.82) is 0 Å². The first kappa shape index (κ1) is 16.8. The van der Waals surface area contributed by atoms with Crippen LogP contribution in [-0.2, 0) is 0 Å². The van der Waals surface area contributed by atoms with Gasteiger partial charge in [-0.15, -0.1) is 0 Å². The van der Waals surface area contributed by atoms with Crippen molar-refractivity contribution in [3.8, 4) is 11.5 Å². The van der Waals surface area contributed by atoms with Crippen molar-refractivity contribution >= 4 is 11.6 Å². The smallest absolute Gasteiger partial charge is 0.258 e. The summed E-state index contributed by atoms with van der Waals surface area (Å²) >= 11 is 0. The van der Waals surface area contributed by atoms with Gasteiger partial charge in [0.15, 0.2) is 11.5 Å². The Balaban J connectivity index is 2.32. The summed E-state index contributed by atoms with van der Waals surface area (Å²) in [6, 6.07) is 10.9. The Hall–Kier alpha value is -2.56. The third kappa shape index (κ3) is 3.80. The van der Waals surface area contributed by atoms with Gasteiger partial charge in [-0.25, -0.2) is 4.39 Å². The van der Waals surface area contributed by atoms with Crippen molar-refractivity contribution in [3.63, 3.8) is 0 Å². The number of hydrogen-bond donors (Lipinski definition) is 0. The highest BCUT2D eigenvalue weighted by molar-refractivity contribution is 6.06. The summed E-state index contributed by atoms with van der Waals surface area (Å²) in [5.41, 5.74) is 1.13. The molecule has 0 radical (unpaired) electrons. The van der Waals surface area contributed by atoms with Gasteiger partial charge in [-0.3, -0.25) is 4.79 Å². The van der Waals surface area contributed by atoms with Crippen LogP contribution in [-0.4, -0.2) is 26.2 Å². The van der Waals surface area contributed by atoms with E-state index in [-0.39, 0.29) is 11.7 Å². The van der Waals surface area contributed by atoms with Crippen molar-refractivity contribution in [2.75, 3.05) is 25.2 Å². The van der Waals surface area contributed by atoms with E-state index in [2.05, 4.69) is 0 Å². The molecule has 0 N–H and O–H groups in total. The van der Waals surface area contributed by atoms with Gasteiger partial charge in [0, 0.05) is 17.8 Å². The minimum Gasteiger partial charge on any atom is -0.493 e. The number of benzene rings is 2. The predicted octanol–water partition coefficient (Wildman–Crippen LogP) is 3.90. The monoisotopic (exact) mass is 317 g/mol. The molecule has 0 unspecified atom stereocenters. The standard InChI is InChI=1S/C18H20FNO3/c1-4-20(15-9-7-14(19)8-10-15)18(21)13-6-11-16(23-5-2)17(12-13)22-3/h6-12H,4-5H2,1-3H3. The van der Waals surface area contributed by atoms with Gasteiger partial charge in [0.25, 0.3) is 5.91 Å². The van der Waals surface area contributed by atoms with Crippen LogP contribution in [0.4, 0.5) is 10.1 Å². The molecular formula is C18H20FNO3. The van der Waals surface area contributed by atoms with Crippen LogP contribution in [0.15, 0.2) is 42.5 Å². The van der Waals surface area contributed by atoms with Gasteiger partial charge in [-0.1, -0.05) is 0 Å². The number of halogens is 1. The summed E-state index contributed by atoms with van der Waals surface area (Å²) in [4.78, 5) is 14.3. The van der Waals surface area contributed by atoms with Crippen LogP contribution in [0.25, 0.3) is 0 Å². The van der Waals surface area contributed by atoms with Crippen LogP contribution in [0.3, 0.4) is 0 Å². The molecule has 0 aliphatic rings. The van der Waals surface area contributed by atoms with E-state index in [1.807, 2.05) is 13.8 Å². The lowest BCUT2D eigenvalue weighted by atomic mass is 10.1. The molecule has 0 fully saturated rings. The summed E-state index contributed by atoms with van der Waals surface area (Å²) in [7, 11) is 1.53. The molecule has 0 heterocycles. The number of amides is 1. The zero-order valence-electron chi connectivity index (χ0n) is 13.5. The molecule has 0 saturated carbocycles. The number of rotatable bonds is 6.